The highest BCUT2D eigenvalue weighted by Gasteiger charge is 2.30. The molecule has 1 aliphatic carbocycles. The molecule has 12 heteroatoms. The van der Waals surface area contributed by atoms with Crippen LogP contribution in [-0.4, -0.2) is 30.0 Å². The highest BCUT2D eigenvalue weighted by Crippen LogP contribution is 2.39. The molecule has 3 N–H and O–H groups in total. The summed E-state index contributed by atoms with van der Waals surface area (Å²) in [7, 11) is -1.85. The zero-order chi connectivity index (χ0) is 29.5. The van der Waals surface area contributed by atoms with E-state index in [1.165, 1.54) is 47.8 Å². The van der Waals surface area contributed by atoms with Gasteiger partial charge in [-0.15, -0.1) is 11.3 Å². The van der Waals surface area contributed by atoms with Gasteiger partial charge in [-0.25, -0.2) is 37.0 Å². The molecule has 5 aromatic rings. The summed E-state index contributed by atoms with van der Waals surface area (Å²) in [5.74, 6) is -2.34. The summed E-state index contributed by atoms with van der Waals surface area (Å²) in [6, 6.07) is 14.1. The number of nitrogens with zero attached hydrogens (tertiary/aromatic N) is 3. The highest BCUT2D eigenvalue weighted by atomic mass is 32.2. The van der Waals surface area contributed by atoms with Crippen molar-refractivity contribution in [3.8, 4) is 27.5 Å². The van der Waals surface area contributed by atoms with Crippen LogP contribution in [0.25, 0.3) is 27.5 Å². The summed E-state index contributed by atoms with van der Waals surface area (Å²) in [5.41, 5.74) is 3.31. The van der Waals surface area contributed by atoms with Crippen molar-refractivity contribution in [2.45, 2.75) is 30.6 Å². The van der Waals surface area contributed by atoms with Crippen molar-refractivity contribution < 1.29 is 27.3 Å². The van der Waals surface area contributed by atoms with Gasteiger partial charge in [-0.3, -0.25) is 0 Å². The quantitative estimate of drug-likeness (QED) is 0.204. The van der Waals surface area contributed by atoms with Crippen molar-refractivity contribution in [2.75, 3.05) is 0 Å². The number of nitrogens with two attached hydrogens (primary N) is 1. The van der Waals surface area contributed by atoms with Crippen LogP contribution in [0.3, 0.4) is 0 Å². The van der Waals surface area contributed by atoms with Gasteiger partial charge >= 0.3 is 5.97 Å². The van der Waals surface area contributed by atoms with Gasteiger partial charge in [0.05, 0.1) is 16.3 Å². The molecule has 0 bridgehead atoms. The van der Waals surface area contributed by atoms with E-state index in [0.717, 1.165) is 35.9 Å². The van der Waals surface area contributed by atoms with E-state index in [1.807, 2.05) is 0 Å². The number of aromatic carboxylic acids is 1. The summed E-state index contributed by atoms with van der Waals surface area (Å²) in [6.45, 7) is 0. The number of halogens is 3. The Morgan fingerprint density at radius 1 is 1.02 bits per heavy atom. The molecule has 1 saturated carbocycles. The summed E-state index contributed by atoms with van der Waals surface area (Å²) in [5, 5.41) is 21.5. The first-order valence-electron chi connectivity index (χ1n) is 13.0. The van der Waals surface area contributed by atoms with E-state index in [0.29, 0.717) is 45.4 Å². The predicted octanol–water partition coefficient (Wildman–Crippen LogP) is 6.30. The van der Waals surface area contributed by atoms with Crippen LogP contribution in [0.1, 0.15) is 40.2 Å². The molecule has 0 spiro atoms. The fraction of sp³-hybridized carbons (Fsp3) is 0.167. The van der Waals surface area contributed by atoms with Crippen molar-refractivity contribution in [1.29, 1.82) is 0 Å². The van der Waals surface area contributed by atoms with Gasteiger partial charge in [0.15, 0.2) is 5.69 Å². The first-order valence-corrected chi connectivity index (χ1v) is 15.1. The largest absolute Gasteiger partial charge is 0.476 e. The lowest BCUT2D eigenvalue weighted by atomic mass is 9.94. The minimum Gasteiger partial charge on any atom is -0.476 e. The zero-order valence-electron chi connectivity index (χ0n) is 21.9. The smallest absolute Gasteiger partial charge is 0.355 e. The third-order valence-electron chi connectivity index (χ3n) is 7.18. The van der Waals surface area contributed by atoms with Gasteiger partial charge in [-0.2, -0.15) is 5.10 Å². The molecular formula is C30H23F3N4O3S2. The summed E-state index contributed by atoms with van der Waals surface area (Å²) >= 11 is 1.12. The summed E-state index contributed by atoms with van der Waals surface area (Å²) in [6.07, 6.45) is 2.72. The molecule has 1 unspecified atom stereocenters. The fourth-order valence-corrected chi connectivity index (χ4v) is 6.03. The highest BCUT2D eigenvalue weighted by molar-refractivity contribution is 7.82. The summed E-state index contributed by atoms with van der Waals surface area (Å²) < 4.78 is 57.2. The second-order valence-electron chi connectivity index (χ2n) is 10.1. The van der Waals surface area contributed by atoms with E-state index in [2.05, 4.69) is 4.98 Å². The number of hydrogen-bond donors (Lipinski definition) is 2. The Balaban J connectivity index is 1.54. The van der Waals surface area contributed by atoms with Crippen molar-refractivity contribution in [2.24, 2.45) is 11.1 Å². The average Bonchev–Trinajstić information content (AvgIpc) is 3.52. The molecule has 0 radical (unpaired) electrons. The van der Waals surface area contributed by atoms with Crippen LogP contribution in [0.5, 0.6) is 0 Å². The Bertz CT molecular complexity index is 1850. The number of hydrogen-bond acceptors (Lipinski definition) is 5. The SMILES string of the molecule is NS(=O)c1ccc(Cc2c(-c3ccc(F)c(-c4ccc(F)cc4)c3)nn(-c3nc(C(=O)O)cs3)c2CC2CC2)c(F)c1. The number of thiazole rings is 1. The third-order valence-corrected chi connectivity index (χ3v) is 8.71. The average molecular weight is 609 g/mol. The van der Waals surface area contributed by atoms with Gasteiger partial charge in [0.1, 0.15) is 28.4 Å². The molecule has 0 amide bonds. The molecule has 1 fully saturated rings. The summed E-state index contributed by atoms with van der Waals surface area (Å²) in [4.78, 5) is 16.0. The standard InChI is InChI=1S/C30H23F3N4O3S2/c31-20-7-3-17(4-8-20)22-13-19(6-10-24(22)32)28-23(12-18-5-9-21(42(34)40)14-25(18)33)27(11-16-1-2-16)37(36-28)30-35-26(15-41-30)29(38)39/h3-10,13-16H,1-2,11-12,34H2,(H,38,39). The Morgan fingerprint density at radius 3 is 2.40 bits per heavy atom. The van der Waals surface area contributed by atoms with Crippen LogP contribution in [0.15, 0.2) is 70.9 Å². The number of aromatic nitrogens is 3. The number of carbonyl (C=O) groups is 1. The normalized spacial score (nSPS) is 13.8. The fourth-order valence-electron chi connectivity index (χ4n) is 4.84. The van der Waals surface area contributed by atoms with Crippen LogP contribution in [0, 0.1) is 23.4 Å². The Labute approximate surface area is 245 Å². The molecule has 0 saturated heterocycles. The lowest BCUT2D eigenvalue weighted by molar-refractivity contribution is 0.0691. The third kappa shape index (κ3) is 5.65. The zero-order valence-corrected chi connectivity index (χ0v) is 23.5. The molecule has 1 aliphatic rings. The molecule has 1 atom stereocenters. The van der Waals surface area contributed by atoms with Gasteiger partial charge < -0.3 is 5.11 Å². The van der Waals surface area contributed by atoms with Gasteiger partial charge in [0, 0.05) is 28.5 Å². The van der Waals surface area contributed by atoms with Crippen molar-refractivity contribution in [3.05, 3.63) is 106 Å². The van der Waals surface area contributed by atoms with Gasteiger partial charge in [0.2, 0.25) is 5.13 Å². The van der Waals surface area contributed by atoms with Crippen LogP contribution in [0.2, 0.25) is 0 Å². The number of benzene rings is 3. The van der Waals surface area contributed by atoms with Crippen LogP contribution in [0.4, 0.5) is 13.2 Å². The molecule has 3 aromatic carbocycles. The van der Waals surface area contributed by atoms with E-state index in [9.17, 15) is 18.5 Å². The van der Waals surface area contributed by atoms with E-state index in [4.69, 9.17) is 10.2 Å². The Hall–Kier alpha value is -4.13. The Morgan fingerprint density at radius 2 is 1.76 bits per heavy atom. The maximum Gasteiger partial charge on any atom is 0.355 e. The molecule has 214 valence electrons. The van der Waals surface area contributed by atoms with Crippen molar-refractivity contribution >= 4 is 28.3 Å². The van der Waals surface area contributed by atoms with E-state index >= 15 is 8.78 Å². The van der Waals surface area contributed by atoms with Crippen LogP contribution >= 0.6 is 11.3 Å². The molecule has 42 heavy (non-hydrogen) atoms. The molecule has 2 aromatic heterocycles. The van der Waals surface area contributed by atoms with E-state index < -0.39 is 34.4 Å². The Kier molecular flexibility index (Phi) is 7.52. The second-order valence-corrected chi connectivity index (χ2v) is 12.0. The molecular weight excluding hydrogens is 585 g/mol. The molecule has 7 nitrogen and oxygen atoms in total. The maximum atomic E-state index is 15.3. The minimum atomic E-state index is -1.85. The second kappa shape index (κ2) is 11.3. The van der Waals surface area contributed by atoms with E-state index in [1.54, 1.807) is 16.8 Å². The van der Waals surface area contributed by atoms with Crippen LogP contribution < -0.4 is 5.14 Å². The van der Waals surface area contributed by atoms with Crippen molar-refractivity contribution in [3.63, 3.8) is 0 Å². The first kappa shape index (κ1) is 28.0. The van der Waals surface area contributed by atoms with E-state index in [-0.39, 0.29) is 22.6 Å². The molecule has 6 rings (SSSR count). The van der Waals surface area contributed by atoms with Gasteiger partial charge in [-0.1, -0.05) is 18.2 Å². The molecule has 0 aliphatic heterocycles. The first-order chi connectivity index (χ1) is 20.2. The molecule has 2 heterocycles. The predicted molar refractivity (Wildman–Crippen MR) is 153 cm³/mol. The lowest BCUT2D eigenvalue weighted by Crippen LogP contribution is -2.07. The lowest BCUT2D eigenvalue weighted by Gasteiger charge is -2.11. The number of carboxylic acid groups (broad SMARTS) is 1. The minimum absolute atomic E-state index is 0.0983. The van der Waals surface area contributed by atoms with Crippen molar-refractivity contribution in [1.82, 2.24) is 14.8 Å². The number of rotatable bonds is 9. The topological polar surface area (TPSA) is 111 Å². The maximum absolute atomic E-state index is 15.3. The monoisotopic (exact) mass is 608 g/mol. The van der Waals surface area contributed by atoms with Crippen LogP contribution in [-0.2, 0) is 23.8 Å². The van der Waals surface area contributed by atoms with Gasteiger partial charge in [0.25, 0.3) is 0 Å². The number of carboxylic acids is 1. The van der Waals surface area contributed by atoms with Gasteiger partial charge in [-0.05, 0) is 78.8 Å².